The first-order chi connectivity index (χ1) is 9.74. The number of nitrogens with zero attached hydrogens (tertiary/aromatic N) is 4. The molecule has 8 heteroatoms. The Morgan fingerprint density at radius 2 is 2.40 bits per heavy atom. The molecule has 1 aliphatic rings. The highest BCUT2D eigenvalue weighted by Gasteiger charge is 2.28. The van der Waals surface area contributed by atoms with Gasteiger partial charge in [0.15, 0.2) is 11.2 Å². The monoisotopic (exact) mass is 295 g/mol. The SMILES string of the molecule is COc1ncnc2c1nc(CCCl)n2C1CNC(=O)C1. The number of amides is 1. The van der Waals surface area contributed by atoms with E-state index in [1.54, 1.807) is 7.11 Å². The Morgan fingerprint density at radius 3 is 3.05 bits per heavy atom. The van der Waals surface area contributed by atoms with Crippen molar-refractivity contribution in [3.63, 3.8) is 0 Å². The van der Waals surface area contributed by atoms with Gasteiger partial charge in [0.05, 0.1) is 13.2 Å². The topological polar surface area (TPSA) is 81.9 Å². The number of imidazole rings is 1. The molecule has 1 aliphatic heterocycles. The lowest BCUT2D eigenvalue weighted by Gasteiger charge is -2.13. The summed E-state index contributed by atoms with van der Waals surface area (Å²) in [6.45, 7) is 0.575. The molecular weight excluding hydrogens is 282 g/mol. The van der Waals surface area contributed by atoms with Crippen molar-refractivity contribution in [2.45, 2.75) is 18.9 Å². The molecule has 3 rings (SSSR count). The van der Waals surface area contributed by atoms with E-state index in [0.29, 0.717) is 42.3 Å². The zero-order valence-electron chi connectivity index (χ0n) is 11.0. The van der Waals surface area contributed by atoms with Crippen LogP contribution in [0, 0.1) is 0 Å². The van der Waals surface area contributed by atoms with Crippen molar-refractivity contribution in [3.8, 4) is 5.88 Å². The van der Waals surface area contributed by atoms with Gasteiger partial charge in [-0.1, -0.05) is 0 Å². The smallest absolute Gasteiger partial charge is 0.245 e. The first-order valence-electron chi connectivity index (χ1n) is 6.33. The van der Waals surface area contributed by atoms with Crippen molar-refractivity contribution in [1.29, 1.82) is 0 Å². The second-order valence-electron chi connectivity index (χ2n) is 4.55. The summed E-state index contributed by atoms with van der Waals surface area (Å²) in [5.74, 6) is 1.72. The molecule has 0 saturated carbocycles. The Labute approximate surface area is 120 Å². The lowest BCUT2D eigenvalue weighted by molar-refractivity contribution is -0.119. The summed E-state index contributed by atoms with van der Waals surface area (Å²) in [6.07, 6.45) is 2.47. The number of hydrogen-bond acceptors (Lipinski definition) is 5. The van der Waals surface area contributed by atoms with Crippen molar-refractivity contribution in [2.75, 3.05) is 19.5 Å². The van der Waals surface area contributed by atoms with Gasteiger partial charge in [0, 0.05) is 25.3 Å². The van der Waals surface area contributed by atoms with Crippen molar-refractivity contribution >= 4 is 28.7 Å². The molecule has 7 nitrogen and oxygen atoms in total. The van der Waals surface area contributed by atoms with Crippen LogP contribution in [0.3, 0.4) is 0 Å². The molecule has 20 heavy (non-hydrogen) atoms. The van der Waals surface area contributed by atoms with Gasteiger partial charge >= 0.3 is 0 Å². The largest absolute Gasteiger partial charge is 0.479 e. The summed E-state index contributed by atoms with van der Waals surface area (Å²) in [6, 6.07) is 0.00493. The molecule has 1 atom stereocenters. The number of methoxy groups -OCH3 is 1. The van der Waals surface area contributed by atoms with Crippen LogP contribution in [0.1, 0.15) is 18.3 Å². The number of nitrogens with one attached hydrogen (secondary N) is 1. The van der Waals surface area contributed by atoms with Crippen LogP contribution >= 0.6 is 11.6 Å². The highest BCUT2D eigenvalue weighted by Crippen LogP contribution is 2.28. The standard InChI is InChI=1S/C12H14ClN5O2/c1-20-12-10-11(15-6-16-12)18(8(17-10)2-3-13)7-4-9(19)14-5-7/h6-7H,2-5H2,1H3,(H,14,19). The average Bonchev–Trinajstić information content (AvgIpc) is 3.01. The third kappa shape index (κ3) is 2.07. The lowest BCUT2D eigenvalue weighted by Crippen LogP contribution is -2.17. The van der Waals surface area contributed by atoms with Gasteiger partial charge in [-0.3, -0.25) is 4.79 Å². The minimum Gasteiger partial charge on any atom is -0.479 e. The van der Waals surface area contributed by atoms with E-state index in [4.69, 9.17) is 16.3 Å². The van der Waals surface area contributed by atoms with Crippen LogP contribution in [-0.4, -0.2) is 45.0 Å². The molecule has 0 aliphatic carbocycles. The summed E-state index contributed by atoms with van der Waals surface area (Å²) in [5, 5.41) is 2.83. The molecule has 1 N–H and O–H groups in total. The van der Waals surface area contributed by atoms with Crippen molar-refractivity contribution in [2.24, 2.45) is 0 Å². The Morgan fingerprint density at radius 1 is 1.55 bits per heavy atom. The maximum atomic E-state index is 11.4. The van der Waals surface area contributed by atoms with Crippen LogP contribution in [0.15, 0.2) is 6.33 Å². The zero-order valence-corrected chi connectivity index (χ0v) is 11.7. The van der Waals surface area contributed by atoms with E-state index in [1.807, 2.05) is 4.57 Å². The van der Waals surface area contributed by atoms with Gasteiger partial charge in [0.2, 0.25) is 11.8 Å². The van der Waals surface area contributed by atoms with E-state index >= 15 is 0 Å². The number of rotatable bonds is 4. The van der Waals surface area contributed by atoms with Crippen molar-refractivity contribution in [1.82, 2.24) is 24.8 Å². The van der Waals surface area contributed by atoms with Crippen LogP contribution in [0.4, 0.5) is 0 Å². The number of carbonyl (C=O) groups is 1. The van der Waals surface area contributed by atoms with E-state index in [-0.39, 0.29) is 11.9 Å². The van der Waals surface area contributed by atoms with Crippen LogP contribution in [-0.2, 0) is 11.2 Å². The fraction of sp³-hybridized carbons (Fsp3) is 0.500. The molecule has 2 aromatic heterocycles. The first kappa shape index (κ1) is 13.1. The first-order valence-corrected chi connectivity index (χ1v) is 6.86. The Kier molecular flexibility index (Phi) is 3.43. The van der Waals surface area contributed by atoms with Gasteiger partial charge in [-0.25, -0.2) is 9.97 Å². The molecule has 0 spiro atoms. The minimum absolute atomic E-state index is 0.00493. The highest BCUT2D eigenvalue weighted by molar-refractivity contribution is 6.17. The number of halogens is 1. The molecule has 1 fully saturated rings. The molecule has 3 heterocycles. The highest BCUT2D eigenvalue weighted by atomic mass is 35.5. The van der Waals surface area contributed by atoms with Gasteiger partial charge in [-0.15, -0.1) is 11.6 Å². The zero-order chi connectivity index (χ0) is 14.1. The predicted molar refractivity (Wildman–Crippen MR) is 73.0 cm³/mol. The summed E-state index contributed by atoms with van der Waals surface area (Å²) in [7, 11) is 1.54. The number of hydrogen-bond donors (Lipinski definition) is 1. The van der Waals surface area contributed by atoms with Crippen LogP contribution in [0.2, 0.25) is 0 Å². The molecule has 1 saturated heterocycles. The number of fused-ring (bicyclic) bond motifs is 1. The molecule has 2 aromatic rings. The third-order valence-electron chi connectivity index (χ3n) is 3.35. The Balaban J connectivity index is 2.16. The molecule has 0 bridgehead atoms. The maximum Gasteiger partial charge on any atom is 0.245 e. The average molecular weight is 296 g/mol. The van der Waals surface area contributed by atoms with Gasteiger partial charge in [0.1, 0.15) is 12.2 Å². The van der Waals surface area contributed by atoms with Crippen LogP contribution in [0.25, 0.3) is 11.2 Å². The number of ether oxygens (including phenoxy) is 1. The predicted octanol–water partition coefficient (Wildman–Crippen LogP) is 0.677. The van der Waals surface area contributed by atoms with Crippen molar-refractivity contribution < 1.29 is 9.53 Å². The molecule has 106 valence electrons. The number of alkyl halides is 1. The molecule has 0 radical (unpaired) electrons. The normalized spacial score (nSPS) is 18.5. The van der Waals surface area contributed by atoms with Gasteiger partial charge in [-0.2, -0.15) is 4.98 Å². The van der Waals surface area contributed by atoms with E-state index in [2.05, 4.69) is 20.3 Å². The fourth-order valence-corrected chi connectivity index (χ4v) is 2.67. The van der Waals surface area contributed by atoms with E-state index in [0.717, 1.165) is 5.82 Å². The summed E-state index contributed by atoms with van der Waals surface area (Å²) in [5.41, 5.74) is 1.29. The lowest BCUT2D eigenvalue weighted by atomic mass is 10.2. The van der Waals surface area contributed by atoms with Crippen molar-refractivity contribution in [3.05, 3.63) is 12.2 Å². The van der Waals surface area contributed by atoms with Gasteiger partial charge in [0.25, 0.3) is 0 Å². The minimum atomic E-state index is 0.00493. The quantitative estimate of drug-likeness (QED) is 0.839. The second kappa shape index (κ2) is 5.24. The summed E-state index contributed by atoms with van der Waals surface area (Å²) >= 11 is 5.84. The number of aromatic nitrogens is 4. The number of aryl methyl sites for hydroxylation is 1. The maximum absolute atomic E-state index is 11.4. The van der Waals surface area contributed by atoms with E-state index < -0.39 is 0 Å². The summed E-state index contributed by atoms with van der Waals surface area (Å²) < 4.78 is 7.19. The number of carbonyl (C=O) groups excluding carboxylic acids is 1. The van der Waals surface area contributed by atoms with Gasteiger partial charge in [-0.05, 0) is 0 Å². The Bertz CT molecular complexity index is 657. The summed E-state index contributed by atoms with van der Waals surface area (Å²) in [4.78, 5) is 24.3. The molecule has 1 amide bonds. The third-order valence-corrected chi connectivity index (χ3v) is 3.54. The van der Waals surface area contributed by atoms with E-state index in [9.17, 15) is 4.79 Å². The van der Waals surface area contributed by atoms with Gasteiger partial charge < -0.3 is 14.6 Å². The molecular formula is C12H14ClN5O2. The van der Waals surface area contributed by atoms with E-state index in [1.165, 1.54) is 6.33 Å². The fourth-order valence-electron chi connectivity index (χ4n) is 2.50. The molecule has 0 aromatic carbocycles. The van der Waals surface area contributed by atoms with Crippen LogP contribution < -0.4 is 10.1 Å². The Hall–Kier alpha value is -1.89. The molecule has 1 unspecified atom stereocenters. The van der Waals surface area contributed by atoms with Crippen LogP contribution in [0.5, 0.6) is 5.88 Å². The second-order valence-corrected chi connectivity index (χ2v) is 4.93.